The van der Waals surface area contributed by atoms with Crippen molar-refractivity contribution in [2.24, 2.45) is 5.10 Å². The van der Waals surface area contributed by atoms with Gasteiger partial charge in [0.05, 0.1) is 28.6 Å². The van der Waals surface area contributed by atoms with Gasteiger partial charge in [-0.3, -0.25) is 0 Å². The molecule has 0 bridgehead atoms. The topological polar surface area (TPSA) is 59.0 Å². The van der Waals surface area contributed by atoms with Gasteiger partial charge in [0.1, 0.15) is 5.75 Å². The van der Waals surface area contributed by atoms with E-state index in [9.17, 15) is 8.42 Å². The summed E-state index contributed by atoms with van der Waals surface area (Å²) in [4.78, 5) is 1.23. The van der Waals surface area contributed by atoms with Gasteiger partial charge in [0.25, 0.3) is 10.0 Å². The number of methoxy groups -OCH3 is 1. The quantitative estimate of drug-likeness (QED) is 0.615. The first-order valence-corrected chi connectivity index (χ1v) is 11.2. The van der Waals surface area contributed by atoms with E-state index in [1.54, 1.807) is 42.7 Å². The van der Waals surface area contributed by atoms with Crippen LogP contribution in [0.5, 0.6) is 5.75 Å². The molecule has 4 rings (SSSR count). The molecule has 1 aliphatic rings. The minimum atomic E-state index is -3.77. The number of thiophene rings is 1. The molecule has 144 valence electrons. The van der Waals surface area contributed by atoms with Crippen LogP contribution < -0.4 is 4.74 Å². The molecule has 5 nitrogen and oxygen atoms in total. The number of aryl methyl sites for hydroxylation is 1. The van der Waals surface area contributed by atoms with Crippen molar-refractivity contribution in [3.63, 3.8) is 0 Å². The van der Waals surface area contributed by atoms with E-state index in [4.69, 9.17) is 4.74 Å². The maximum Gasteiger partial charge on any atom is 0.279 e. The fraction of sp³-hybridized carbons (Fsp3) is 0.190. The molecule has 0 spiro atoms. The van der Waals surface area contributed by atoms with Crippen LogP contribution in [0.25, 0.3) is 0 Å². The van der Waals surface area contributed by atoms with Gasteiger partial charge in [0.2, 0.25) is 0 Å². The minimum absolute atomic E-state index is 0.243. The second-order valence-corrected chi connectivity index (χ2v) is 9.35. The first-order valence-electron chi connectivity index (χ1n) is 8.85. The Bertz CT molecular complexity index is 1090. The van der Waals surface area contributed by atoms with Crippen LogP contribution in [0.15, 0.2) is 76.0 Å². The summed E-state index contributed by atoms with van der Waals surface area (Å²) in [5, 5.41) is 6.51. The average Bonchev–Trinajstić information content (AvgIpc) is 3.38. The van der Waals surface area contributed by atoms with E-state index in [0.717, 1.165) is 27.5 Å². The number of benzene rings is 2. The molecule has 0 radical (unpaired) electrons. The molecule has 1 atom stereocenters. The highest BCUT2D eigenvalue weighted by atomic mass is 32.2. The largest absolute Gasteiger partial charge is 0.497 e. The summed E-state index contributed by atoms with van der Waals surface area (Å²) < 4.78 is 33.2. The van der Waals surface area contributed by atoms with Crippen LogP contribution >= 0.6 is 11.3 Å². The van der Waals surface area contributed by atoms with E-state index in [0.29, 0.717) is 6.42 Å². The Morgan fingerprint density at radius 2 is 1.79 bits per heavy atom. The number of rotatable bonds is 5. The summed E-state index contributed by atoms with van der Waals surface area (Å²) in [5.41, 5.74) is 2.67. The molecule has 2 aromatic carbocycles. The first-order chi connectivity index (χ1) is 13.5. The van der Waals surface area contributed by atoms with Crippen LogP contribution in [-0.2, 0) is 10.0 Å². The summed E-state index contributed by atoms with van der Waals surface area (Å²) in [6, 6.07) is 17.9. The third-order valence-electron chi connectivity index (χ3n) is 4.74. The molecular formula is C21H20N2O3S2. The smallest absolute Gasteiger partial charge is 0.279 e. The summed E-state index contributed by atoms with van der Waals surface area (Å²) in [5.74, 6) is 0.731. The number of hydrogen-bond donors (Lipinski definition) is 0. The van der Waals surface area contributed by atoms with Gasteiger partial charge in [-0.2, -0.15) is 17.9 Å². The Balaban J connectivity index is 1.77. The molecule has 0 unspecified atom stereocenters. The van der Waals surface area contributed by atoms with Gasteiger partial charge in [-0.1, -0.05) is 35.9 Å². The highest BCUT2D eigenvalue weighted by molar-refractivity contribution is 7.89. The highest BCUT2D eigenvalue weighted by Crippen LogP contribution is 2.38. The van der Waals surface area contributed by atoms with Crippen LogP contribution in [0.1, 0.15) is 28.5 Å². The third-order valence-corrected chi connectivity index (χ3v) is 7.36. The molecule has 2 heterocycles. The maximum absolute atomic E-state index is 13.4. The van der Waals surface area contributed by atoms with Gasteiger partial charge >= 0.3 is 0 Å². The SMILES string of the molecule is COc1ccc([C@H]2CC(c3cccs3)=NN2S(=O)(=O)c2ccc(C)cc2)cc1. The monoisotopic (exact) mass is 412 g/mol. The molecule has 1 aromatic heterocycles. The molecule has 0 aliphatic carbocycles. The van der Waals surface area contributed by atoms with Crippen molar-refractivity contribution in [2.75, 3.05) is 7.11 Å². The Hall–Kier alpha value is -2.64. The van der Waals surface area contributed by atoms with Crippen LogP contribution in [-0.4, -0.2) is 25.7 Å². The lowest BCUT2D eigenvalue weighted by atomic mass is 10.0. The summed E-state index contributed by atoms with van der Waals surface area (Å²) in [6.45, 7) is 1.93. The van der Waals surface area contributed by atoms with Gasteiger partial charge < -0.3 is 4.74 Å². The molecule has 0 amide bonds. The molecule has 28 heavy (non-hydrogen) atoms. The van der Waals surface area contributed by atoms with Gasteiger partial charge in [0.15, 0.2) is 0 Å². The van der Waals surface area contributed by atoms with Crippen molar-refractivity contribution < 1.29 is 13.2 Å². The number of ether oxygens (including phenoxy) is 1. The molecule has 0 saturated carbocycles. The van der Waals surface area contributed by atoms with Crippen LogP contribution in [0.4, 0.5) is 0 Å². The predicted molar refractivity (Wildman–Crippen MR) is 111 cm³/mol. The lowest BCUT2D eigenvalue weighted by Crippen LogP contribution is -2.27. The fourth-order valence-electron chi connectivity index (χ4n) is 3.19. The second kappa shape index (κ2) is 7.41. The molecule has 1 aliphatic heterocycles. The van der Waals surface area contributed by atoms with Crippen molar-refractivity contribution in [3.8, 4) is 5.75 Å². The van der Waals surface area contributed by atoms with Crippen LogP contribution in [0.3, 0.4) is 0 Å². The Labute approximate surface area is 169 Å². The summed E-state index contributed by atoms with van der Waals surface area (Å²) in [7, 11) is -2.17. The van der Waals surface area contributed by atoms with Crippen molar-refractivity contribution in [2.45, 2.75) is 24.3 Å². The molecule has 7 heteroatoms. The van der Waals surface area contributed by atoms with E-state index >= 15 is 0 Å². The molecule has 3 aromatic rings. The fourth-order valence-corrected chi connectivity index (χ4v) is 5.35. The van der Waals surface area contributed by atoms with Crippen molar-refractivity contribution in [1.29, 1.82) is 0 Å². The number of sulfonamides is 1. The van der Waals surface area contributed by atoms with Crippen molar-refractivity contribution in [1.82, 2.24) is 4.41 Å². The normalized spacial score (nSPS) is 16.9. The number of hydrogen-bond acceptors (Lipinski definition) is 5. The lowest BCUT2D eigenvalue weighted by molar-refractivity contribution is 0.370. The average molecular weight is 413 g/mol. The van der Waals surface area contributed by atoms with Gasteiger partial charge in [0, 0.05) is 6.42 Å². The molecule has 0 saturated heterocycles. The molecule has 0 fully saturated rings. The summed E-state index contributed by atoms with van der Waals surface area (Å²) >= 11 is 1.56. The van der Waals surface area contributed by atoms with E-state index < -0.39 is 16.1 Å². The Kier molecular flexibility index (Phi) is 4.95. The first kappa shape index (κ1) is 18.7. The van der Waals surface area contributed by atoms with Gasteiger partial charge in [-0.15, -0.1) is 11.3 Å². The summed E-state index contributed by atoms with van der Waals surface area (Å²) in [6.07, 6.45) is 0.526. The van der Waals surface area contributed by atoms with E-state index in [2.05, 4.69) is 5.10 Å². The number of hydrazone groups is 1. The van der Waals surface area contributed by atoms with Crippen LogP contribution in [0.2, 0.25) is 0 Å². The predicted octanol–water partition coefficient (Wildman–Crippen LogP) is 4.61. The highest BCUT2D eigenvalue weighted by Gasteiger charge is 2.37. The zero-order valence-corrected chi connectivity index (χ0v) is 17.2. The molecular weight excluding hydrogens is 392 g/mol. The lowest BCUT2D eigenvalue weighted by Gasteiger charge is -2.23. The zero-order chi connectivity index (χ0) is 19.7. The van der Waals surface area contributed by atoms with E-state index in [1.165, 1.54) is 4.41 Å². The number of nitrogens with zero attached hydrogens (tertiary/aromatic N) is 2. The van der Waals surface area contributed by atoms with Crippen LogP contribution in [0, 0.1) is 6.92 Å². The minimum Gasteiger partial charge on any atom is -0.497 e. The van der Waals surface area contributed by atoms with E-state index in [-0.39, 0.29) is 4.90 Å². The Morgan fingerprint density at radius 1 is 1.07 bits per heavy atom. The zero-order valence-electron chi connectivity index (χ0n) is 15.6. The standard InChI is InChI=1S/C21H20N2O3S2/c1-15-5-11-18(12-6-15)28(24,25)23-20(16-7-9-17(26-2)10-8-16)14-19(22-23)21-4-3-13-27-21/h3-13,20H,14H2,1-2H3/t20-/m1/s1. The van der Waals surface area contributed by atoms with E-state index in [1.807, 2.05) is 48.7 Å². The Morgan fingerprint density at radius 3 is 2.39 bits per heavy atom. The maximum atomic E-state index is 13.4. The van der Waals surface area contributed by atoms with Gasteiger partial charge in [-0.25, -0.2) is 0 Å². The van der Waals surface area contributed by atoms with Crippen molar-refractivity contribution >= 4 is 27.1 Å². The third kappa shape index (κ3) is 3.43. The second-order valence-electron chi connectivity index (χ2n) is 6.61. The van der Waals surface area contributed by atoms with Gasteiger partial charge in [-0.05, 0) is 48.2 Å². The van der Waals surface area contributed by atoms with Crippen molar-refractivity contribution in [3.05, 3.63) is 82.0 Å². The molecule has 0 N–H and O–H groups in total.